The number of benzene rings is 2. The van der Waals surface area contributed by atoms with Crippen LogP contribution in [0.5, 0.6) is 5.75 Å². The second-order valence-electron chi connectivity index (χ2n) is 6.31. The number of hydrazone groups is 1. The zero-order valence-corrected chi connectivity index (χ0v) is 17.7. The Kier molecular flexibility index (Phi) is 7.18. The third-order valence-electron chi connectivity index (χ3n) is 4.32. The molecule has 0 unspecified atom stereocenters. The number of hydrogen-bond donors (Lipinski definition) is 1. The summed E-state index contributed by atoms with van der Waals surface area (Å²) < 4.78 is 20.1. The van der Waals surface area contributed by atoms with Gasteiger partial charge in [0.25, 0.3) is 5.91 Å². The fraction of sp³-hybridized carbons (Fsp3) is 0.238. The molecule has 1 aromatic heterocycles. The Morgan fingerprint density at radius 2 is 1.87 bits per heavy atom. The molecule has 0 atom stereocenters. The first-order valence-corrected chi connectivity index (χ1v) is 10.3. The van der Waals surface area contributed by atoms with Crippen molar-refractivity contribution in [3.63, 3.8) is 0 Å². The van der Waals surface area contributed by atoms with Gasteiger partial charge in [0.1, 0.15) is 11.6 Å². The van der Waals surface area contributed by atoms with Gasteiger partial charge < -0.3 is 9.30 Å². The Morgan fingerprint density at radius 3 is 2.50 bits per heavy atom. The first kappa shape index (κ1) is 21.5. The van der Waals surface area contributed by atoms with Gasteiger partial charge in [-0.3, -0.25) is 4.79 Å². The number of carbonyl (C=O) groups excluding carboxylic acids is 1. The van der Waals surface area contributed by atoms with Gasteiger partial charge in [-0.2, -0.15) is 5.10 Å². The standard InChI is InChI=1S/C21H22FN5O2S/c1-4-27-20(16-7-11-18(29-3)12-8-16)25-26-21(27)30-13-19(28)24-23-14(2)15-5-9-17(22)10-6-15/h5-12H,4,13H2,1-3H3,(H,24,28). The highest BCUT2D eigenvalue weighted by molar-refractivity contribution is 7.99. The summed E-state index contributed by atoms with van der Waals surface area (Å²) in [6.07, 6.45) is 0. The van der Waals surface area contributed by atoms with E-state index in [0.29, 0.717) is 17.4 Å². The number of nitrogens with zero attached hydrogens (tertiary/aromatic N) is 4. The molecule has 1 heterocycles. The molecular weight excluding hydrogens is 405 g/mol. The summed E-state index contributed by atoms with van der Waals surface area (Å²) in [6.45, 7) is 4.41. The minimum Gasteiger partial charge on any atom is -0.497 e. The topological polar surface area (TPSA) is 81.4 Å². The van der Waals surface area contributed by atoms with Crippen molar-refractivity contribution < 1.29 is 13.9 Å². The van der Waals surface area contributed by atoms with Crippen molar-refractivity contribution in [3.05, 3.63) is 59.9 Å². The fourth-order valence-corrected chi connectivity index (χ4v) is 3.49. The van der Waals surface area contributed by atoms with E-state index in [4.69, 9.17) is 4.74 Å². The van der Waals surface area contributed by atoms with Gasteiger partial charge in [-0.25, -0.2) is 9.82 Å². The number of thioether (sulfide) groups is 1. The Labute approximate surface area is 178 Å². The van der Waals surface area contributed by atoms with Crippen LogP contribution in [0.1, 0.15) is 19.4 Å². The molecule has 0 spiro atoms. The molecule has 3 aromatic rings. The van der Waals surface area contributed by atoms with Crippen LogP contribution in [-0.2, 0) is 11.3 Å². The number of carbonyl (C=O) groups is 1. The Balaban J connectivity index is 1.62. The van der Waals surface area contributed by atoms with E-state index < -0.39 is 0 Å². The highest BCUT2D eigenvalue weighted by Gasteiger charge is 2.14. The van der Waals surface area contributed by atoms with E-state index in [1.54, 1.807) is 26.2 Å². The molecule has 2 aromatic carbocycles. The van der Waals surface area contributed by atoms with Crippen molar-refractivity contribution in [2.24, 2.45) is 5.10 Å². The number of methoxy groups -OCH3 is 1. The van der Waals surface area contributed by atoms with E-state index in [1.165, 1.54) is 23.9 Å². The number of hydrogen-bond acceptors (Lipinski definition) is 6. The molecule has 0 aliphatic rings. The first-order chi connectivity index (χ1) is 14.5. The van der Waals surface area contributed by atoms with Crippen LogP contribution < -0.4 is 10.2 Å². The Morgan fingerprint density at radius 1 is 1.17 bits per heavy atom. The molecule has 0 bridgehead atoms. The Bertz CT molecular complexity index is 1030. The maximum absolute atomic E-state index is 13.0. The minimum atomic E-state index is -0.318. The van der Waals surface area contributed by atoms with E-state index in [1.807, 2.05) is 35.8 Å². The highest BCUT2D eigenvalue weighted by atomic mass is 32.2. The molecule has 0 aliphatic carbocycles. The van der Waals surface area contributed by atoms with Crippen molar-refractivity contribution in [1.29, 1.82) is 0 Å². The number of halogens is 1. The van der Waals surface area contributed by atoms with Gasteiger partial charge in [0.2, 0.25) is 0 Å². The summed E-state index contributed by atoms with van der Waals surface area (Å²) >= 11 is 1.29. The lowest BCUT2D eigenvalue weighted by Crippen LogP contribution is -2.21. The average molecular weight is 428 g/mol. The zero-order chi connectivity index (χ0) is 21.5. The van der Waals surface area contributed by atoms with Crippen LogP contribution in [0.15, 0.2) is 58.8 Å². The van der Waals surface area contributed by atoms with Gasteiger partial charge in [0, 0.05) is 12.1 Å². The van der Waals surface area contributed by atoms with Crippen LogP contribution in [0.25, 0.3) is 11.4 Å². The molecule has 0 aliphatic heterocycles. The fourth-order valence-electron chi connectivity index (χ4n) is 2.70. The minimum absolute atomic E-state index is 0.140. The van der Waals surface area contributed by atoms with Gasteiger partial charge in [-0.15, -0.1) is 10.2 Å². The smallest absolute Gasteiger partial charge is 0.250 e. The van der Waals surface area contributed by atoms with Crippen LogP contribution in [0, 0.1) is 5.82 Å². The molecule has 3 rings (SSSR count). The largest absolute Gasteiger partial charge is 0.497 e. The van der Waals surface area contributed by atoms with E-state index in [-0.39, 0.29) is 17.5 Å². The molecule has 0 radical (unpaired) electrons. The van der Waals surface area contributed by atoms with Crippen LogP contribution in [0.3, 0.4) is 0 Å². The molecule has 0 fully saturated rings. The zero-order valence-electron chi connectivity index (χ0n) is 16.9. The van der Waals surface area contributed by atoms with Crippen LogP contribution >= 0.6 is 11.8 Å². The number of amides is 1. The van der Waals surface area contributed by atoms with E-state index in [0.717, 1.165) is 22.7 Å². The number of aromatic nitrogens is 3. The predicted octanol–water partition coefficient (Wildman–Crippen LogP) is 3.75. The van der Waals surface area contributed by atoms with Gasteiger partial charge in [-0.1, -0.05) is 23.9 Å². The SMILES string of the molecule is CCn1c(SCC(=O)NN=C(C)c2ccc(F)cc2)nnc1-c1ccc(OC)cc1. The molecular formula is C21H22FN5O2S. The highest BCUT2D eigenvalue weighted by Crippen LogP contribution is 2.25. The van der Waals surface area contributed by atoms with Gasteiger partial charge in [-0.05, 0) is 55.8 Å². The summed E-state index contributed by atoms with van der Waals surface area (Å²) in [4.78, 5) is 12.2. The molecule has 30 heavy (non-hydrogen) atoms. The molecule has 9 heteroatoms. The summed E-state index contributed by atoms with van der Waals surface area (Å²) in [5, 5.41) is 13.2. The normalized spacial score (nSPS) is 11.4. The maximum atomic E-state index is 13.0. The van der Waals surface area contributed by atoms with Gasteiger partial charge >= 0.3 is 0 Å². The molecule has 1 N–H and O–H groups in total. The summed E-state index contributed by atoms with van der Waals surface area (Å²) in [7, 11) is 1.62. The number of rotatable bonds is 8. The lowest BCUT2D eigenvalue weighted by molar-refractivity contribution is -0.118. The lowest BCUT2D eigenvalue weighted by atomic mass is 10.1. The molecule has 0 saturated heterocycles. The predicted molar refractivity (Wildman–Crippen MR) is 115 cm³/mol. The lowest BCUT2D eigenvalue weighted by Gasteiger charge is -2.08. The summed E-state index contributed by atoms with van der Waals surface area (Å²) in [6, 6.07) is 13.5. The monoisotopic (exact) mass is 427 g/mol. The van der Waals surface area contributed by atoms with E-state index >= 15 is 0 Å². The van der Waals surface area contributed by atoms with Crippen molar-refractivity contribution in [3.8, 4) is 17.1 Å². The third-order valence-corrected chi connectivity index (χ3v) is 5.29. The van der Waals surface area contributed by atoms with Crippen LogP contribution in [0.4, 0.5) is 4.39 Å². The molecule has 7 nitrogen and oxygen atoms in total. The Hall–Kier alpha value is -3.20. The van der Waals surface area contributed by atoms with Gasteiger partial charge in [0.15, 0.2) is 11.0 Å². The quantitative estimate of drug-likeness (QED) is 0.336. The first-order valence-electron chi connectivity index (χ1n) is 9.31. The van der Waals surface area contributed by atoms with Crippen LogP contribution in [0.2, 0.25) is 0 Å². The number of ether oxygens (including phenoxy) is 1. The van der Waals surface area contributed by atoms with E-state index in [9.17, 15) is 9.18 Å². The van der Waals surface area contributed by atoms with Crippen molar-refractivity contribution in [1.82, 2.24) is 20.2 Å². The van der Waals surface area contributed by atoms with Gasteiger partial charge in [0.05, 0.1) is 18.6 Å². The van der Waals surface area contributed by atoms with Crippen LogP contribution in [-0.4, -0.2) is 39.2 Å². The van der Waals surface area contributed by atoms with Crippen molar-refractivity contribution in [2.75, 3.05) is 12.9 Å². The molecule has 1 amide bonds. The van der Waals surface area contributed by atoms with E-state index in [2.05, 4.69) is 20.7 Å². The third kappa shape index (κ3) is 5.24. The second-order valence-corrected chi connectivity index (χ2v) is 7.25. The van der Waals surface area contributed by atoms with Crippen molar-refractivity contribution >= 4 is 23.4 Å². The molecule has 0 saturated carbocycles. The summed E-state index contributed by atoms with van der Waals surface area (Å²) in [5.41, 5.74) is 4.76. The number of nitrogens with one attached hydrogen (secondary N) is 1. The van der Waals surface area contributed by atoms with Crippen molar-refractivity contribution in [2.45, 2.75) is 25.5 Å². The summed E-state index contributed by atoms with van der Waals surface area (Å²) in [5.74, 6) is 1.05. The maximum Gasteiger partial charge on any atom is 0.250 e. The molecule has 156 valence electrons. The average Bonchev–Trinajstić information content (AvgIpc) is 3.19. The second kappa shape index (κ2) is 10.0.